The molecule has 7 atom stereocenters. The third-order valence-corrected chi connectivity index (χ3v) is 9.83. The number of fused-ring (bicyclic) bond motifs is 5. The SMILES string of the molecule is CCN(CC)C(=O)CC1CC[C@H]2[C@@H]3CCC4NC(=O)CC[C@]4(C)[C@@H]3CC[C@]12C. The smallest absolute Gasteiger partial charge is 0.222 e. The molecule has 4 nitrogen and oxygen atoms in total. The fourth-order valence-corrected chi connectivity index (χ4v) is 8.06. The lowest BCUT2D eigenvalue weighted by Crippen LogP contribution is -2.61. The summed E-state index contributed by atoms with van der Waals surface area (Å²) >= 11 is 0. The monoisotopic (exact) mass is 388 g/mol. The molecule has 4 fully saturated rings. The molecule has 1 aliphatic heterocycles. The maximum atomic E-state index is 12.8. The molecule has 1 heterocycles. The molecule has 0 aromatic heterocycles. The summed E-state index contributed by atoms with van der Waals surface area (Å²) < 4.78 is 0. The second-order valence-corrected chi connectivity index (χ2v) is 10.7. The molecule has 4 rings (SSSR count). The highest BCUT2D eigenvalue weighted by molar-refractivity contribution is 5.77. The van der Waals surface area contributed by atoms with E-state index in [4.69, 9.17) is 0 Å². The molecule has 2 unspecified atom stereocenters. The second-order valence-electron chi connectivity index (χ2n) is 10.7. The Morgan fingerprint density at radius 1 is 1.00 bits per heavy atom. The highest BCUT2D eigenvalue weighted by Gasteiger charge is 2.60. The van der Waals surface area contributed by atoms with Crippen molar-refractivity contribution in [3.8, 4) is 0 Å². The van der Waals surface area contributed by atoms with Crippen molar-refractivity contribution in [2.24, 2.45) is 34.5 Å². The Hall–Kier alpha value is -1.06. The zero-order valence-corrected chi connectivity index (χ0v) is 18.4. The largest absolute Gasteiger partial charge is 0.353 e. The second kappa shape index (κ2) is 7.32. The maximum Gasteiger partial charge on any atom is 0.222 e. The first kappa shape index (κ1) is 20.2. The lowest BCUT2D eigenvalue weighted by Gasteiger charge is -2.60. The van der Waals surface area contributed by atoms with Crippen LogP contribution in [0.15, 0.2) is 0 Å². The molecule has 3 saturated carbocycles. The number of nitrogens with one attached hydrogen (secondary N) is 1. The zero-order chi connectivity index (χ0) is 20.1. The van der Waals surface area contributed by atoms with Gasteiger partial charge in [-0.25, -0.2) is 0 Å². The molecule has 0 bridgehead atoms. The molecule has 158 valence electrons. The predicted molar refractivity (Wildman–Crippen MR) is 112 cm³/mol. The first-order chi connectivity index (χ1) is 13.3. The Balaban J connectivity index is 1.51. The normalized spacial score (nSPS) is 44.9. The number of carbonyl (C=O) groups excluding carboxylic acids is 2. The number of amides is 2. The Morgan fingerprint density at radius 3 is 2.43 bits per heavy atom. The van der Waals surface area contributed by atoms with Gasteiger partial charge in [0.25, 0.3) is 0 Å². The fourth-order valence-electron chi connectivity index (χ4n) is 8.06. The topological polar surface area (TPSA) is 49.4 Å². The Kier molecular flexibility index (Phi) is 5.29. The first-order valence-electron chi connectivity index (χ1n) is 11.9. The zero-order valence-electron chi connectivity index (χ0n) is 18.4. The average molecular weight is 389 g/mol. The highest BCUT2D eigenvalue weighted by atomic mass is 16.2. The lowest BCUT2D eigenvalue weighted by molar-refractivity contribution is -0.138. The van der Waals surface area contributed by atoms with Gasteiger partial charge in [-0.15, -0.1) is 0 Å². The van der Waals surface area contributed by atoms with E-state index in [1.54, 1.807) is 0 Å². The maximum absolute atomic E-state index is 12.8. The molecule has 0 radical (unpaired) electrons. The molecule has 4 aliphatic rings. The third kappa shape index (κ3) is 3.01. The van der Waals surface area contributed by atoms with Gasteiger partial charge >= 0.3 is 0 Å². The van der Waals surface area contributed by atoms with Crippen molar-refractivity contribution in [3.05, 3.63) is 0 Å². The van der Waals surface area contributed by atoms with Crippen LogP contribution >= 0.6 is 0 Å². The van der Waals surface area contributed by atoms with Gasteiger partial charge in [0.05, 0.1) is 0 Å². The fraction of sp³-hybridized carbons (Fsp3) is 0.917. The summed E-state index contributed by atoms with van der Waals surface area (Å²) in [5.41, 5.74) is 0.623. The van der Waals surface area contributed by atoms with E-state index in [1.165, 1.54) is 32.1 Å². The minimum Gasteiger partial charge on any atom is -0.353 e. The van der Waals surface area contributed by atoms with E-state index in [0.29, 0.717) is 29.7 Å². The Labute approximate surface area is 171 Å². The van der Waals surface area contributed by atoms with Crippen molar-refractivity contribution in [3.63, 3.8) is 0 Å². The summed E-state index contributed by atoms with van der Waals surface area (Å²) in [6.45, 7) is 10.8. The molecule has 0 aromatic rings. The van der Waals surface area contributed by atoms with Gasteiger partial charge in [0.2, 0.25) is 11.8 Å². The van der Waals surface area contributed by atoms with Crippen LogP contribution in [0.25, 0.3) is 0 Å². The van der Waals surface area contributed by atoms with Gasteiger partial charge in [0, 0.05) is 32.0 Å². The van der Waals surface area contributed by atoms with Crippen LogP contribution in [-0.4, -0.2) is 35.8 Å². The minimum absolute atomic E-state index is 0.261. The molecular weight excluding hydrogens is 348 g/mol. The van der Waals surface area contributed by atoms with E-state index in [2.05, 4.69) is 33.0 Å². The summed E-state index contributed by atoms with van der Waals surface area (Å²) in [4.78, 5) is 26.8. The first-order valence-corrected chi connectivity index (χ1v) is 11.9. The van der Waals surface area contributed by atoms with Crippen molar-refractivity contribution in [2.45, 2.75) is 91.5 Å². The van der Waals surface area contributed by atoms with Crippen LogP contribution in [-0.2, 0) is 9.59 Å². The van der Waals surface area contributed by atoms with Crippen LogP contribution in [0, 0.1) is 34.5 Å². The number of rotatable bonds is 4. The molecule has 28 heavy (non-hydrogen) atoms. The van der Waals surface area contributed by atoms with Gasteiger partial charge in [-0.05, 0) is 93.3 Å². The van der Waals surface area contributed by atoms with Gasteiger partial charge in [0.1, 0.15) is 0 Å². The van der Waals surface area contributed by atoms with Gasteiger partial charge in [-0.2, -0.15) is 0 Å². The van der Waals surface area contributed by atoms with Crippen molar-refractivity contribution in [1.82, 2.24) is 10.2 Å². The van der Waals surface area contributed by atoms with Crippen molar-refractivity contribution < 1.29 is 9.59 Å². The van der Waals surface area contributed by atoms with Crippen LogP contribution in [0.4, 0.5) is 0 Å². The molecule has 1 saturated heterocycles. The quantitative estimate of drug-likeness (QED) is 0.777. The number of hydrogen-bond donors (Lipinski definition) is 1. The summed E-state index contributed by atoms with van der Waals surface area (Å²) in [7, 11) is 0. The number of hydrogen-bond acceptors (Lipinski definition) is 2. The van der Waals surface area contributed by atoms with Crippen molar-refractivity contribution in [2.75, 3.05) is 13.1 Å². The third-order valence-electron chi connectivity index (χ3n) is 9.83. The number of nitrogens with zero attached hydrogens (tertiary/aromatic N) is 1. The van der Waals surface area contributed by atoms with E-state index in [1.807, 2.05) is 4.90 Å². The van der Waals surface area contributed by atoms with Gasteiger partial charge in [0.15, 0.2) is 0 Å². The van der Waals surface area contributed by atoms with Crippen molar-refractivity contribution in [1.29, 1.82) is 0 Å². The van der Waals surface area contributed by atoms with Crippen LogP contribution in [0.3, 0.4) is 0 Å². The van der Waals surface area contributed by atoms with Crippen LogP contribution in [0.5, 0.6) is 0 Å². The standard InChI is InChI=1S/C24H40N2O2/c1-5-26(6-2)22(28)15-16-7-9-18-17-8-10-20-24(4,14-12-21(27)25-20)19(17)11-13-23(16,18)3/h16-20H,5-15H2,1-4H3,(H,25,27)/t16?,17-,18-,19+,20?,23+,24+/m0/s1. The lowest BCUT2D eigenvalue weighted by atomic mass is 9.47. The van der Waals surface area contributed by atoms with Crippen LogP contribution < -0.4 is 5.32 Å². The molecule has 1 N–H and O–H groups in total. The number of piperidine rings is 1. The predicted octanol–water partition coefficient (Wildman–Crippen LogP) is 4.38. The van der Waals surface area contributed by atoms with Gasteiger partial charge < -0.3 is 10.2 Å². The van der Waals surface area contributed by atoms with Crippen LogP contribution in [0.1, 0.15) is 85.5 Å². The molecular formula is C24H40N2O2. The summed E-state index contributed by atoms with van der Waals surface area (Å²) in [5, 5.41) is 3.33. The molecule has 2 amide bonds. The van der Waals surface area contributed by atoms with E-state index in [-0.39, 0.29) is 11.3 Å². The van der Waals surface area contributed by atoms with E-state index < -0.39 is 0 Å². The molecule has 4 heteroatoms. The van der Waals surface area contributed by atoms with E-state index >= 15 is 0 Å². The minimum atomic E-state index is 0.261. The summed E-state index contributed by atoms with van der Waals surface area (Å²) in [6.07, 6.45) is 10.0. The Bertz CT molecular complexity index is 630. The van der Waals surface area contributed by atoms with Crippen LogP contribution in [0.2, 0.25) is 0 Å². The van der Waals surface area contributed by atoms with Gasteiger partial charge in [-0.1, -0.05) is 13.8 Å². The van der Waals surface area contributed by atoms with E-state index in [0.717, 1.165) is 50.1 Å². The highest BCUT2D eigenvalue weighted by Crippen LogP contribution is 2.66. The molecule has 0 aromatic carbocycles. The van der Waals surface area contributed by atoms with Crippen molar-refractivity contribution >= 4 is 11.8 Å². The summed E-state index contributed by atoms with van der Waals surface area (Å²) in [5.74, 6) is 3.51. The number of carbonyl (C=O) groups is 2. The summed E-state index contributed by atoms with van der Waals surface area (Å²) in [6, 6.07) is 0.390. The average Bonchev–Trinajstić information content (AvgIpc) is 3.00. The van der Waals surface area contributed by atoms with Gasteiger partial charge in [-0.3, -0.25) is 9.59 Å². The van der Waals surface area contributed by atoms with E-state index in [9.17, 15) is 9.59 Å². The Morgan fingerprint density at radius 2 is 1.71 bits per heavy atom. The molecule has 3 aliphatic carbocycles. The molecule has 0 spiro atoms.